The van der Waals surface area contributed by atoms with Crippen molar-refractivity contribution in [2.75, 3.05) is 0 Å². The fourth-order valence-corrected chi connectivity index (χ4v) is 5.01. The second kappa shape index (κ2) is 25.1. The summed E-state index contributed by atoms with van der Waals surface area (Å²) in [6.45, 7) is 6.72. The molecular weight excluding hydrogens is 392 g/mol. The summed E-state index contributed by atoms with van der Waals surface area (Å²) >= 11 is 0. The van der Waals surface area contributed by atoms with Crippen LogP contribution in [0.2, 0.25) is 0 Å². The van der Waals surface area contributed by atoms with Crippen LogP contribution in [0.5, 0.6) is 0 Å². The molecule has 2 unspecified atom stereocenters. The van der Waals surface area contributed by atoms with Crippen LogP contribution in [0.25, 0.3) is 0 Å². The van der Waals surface area contributed by atoms with Crippen LogP contribution in [0.4, 0.5) is 0 Å². The van der Waals surface area contributed by atoms with Gasteiger partial charge in [-0.1, -0.05) is 162 Å². The van der Waals surface area contributed by atoms with Crippen LogP contribution >= 0.6 is 0 Å². The number of carboxylic acids is 1. The number of hydrogen-bond acceptors (Lipinski definition) is 1. The summed E-state index contributed by atoms with van der Waals surface area (Å²) < 4.78 is 0. The molecule has 0 aliphatic carbocycles. The van der Waals surface area contributed by atoms with E-state index in [4.69, 9.17) is 0 Å². The normalized spacial score (nSPS) is 13.3. The molecule has 2 atom stereocenters. The predicted molar refractivity (Wildman–Crippen MR) is 142 cm³/mol. The zero-order valence-electron chi connectivity index (χ0n) is 22.5. The molecular formula is C30H60O2. The molecule has 0 spiro atoms. The monoisotopic (exact) mass is 452 g/mol. The van der Waals surface area contributed by atoms with E-state index in [-0.39, 0.29) is 5.92 Å². The molecule has 0 saturated heterocycles. The lowest BCUT2D eigenvalue weighted by atomic mass is 9.85. The Kier molecular flexibility index (Phi) is 24.7. The van der Waals surface area contributed by atoms with Gasteiger partial charge in [0, 0.05) is 0 Å². The lowest BCUT2D eigenvalue weighted by Crippen LogP contribution is -2.21. The summed E-state index contributed by atoms with van der Waals surface area (Å²) in [7, 11) is 0. The zero-order valence-corrected chi connectivity index (χ0v) is 22.5. The molecule has 0 saturated carbocycles. The minimum absolute atomic E-state index is 0.128. The second-order valence-electron chi connectivity index (χ2n) is 10.6. The van der Waals surface area contributed by atoms with Gasteiger partial charge in [-0.25, -0.2) is 0 Å². The number of carboxylic acid groups (broad SMARTS) is 1. The first-order chi connectivity index (χ1) is 15.6. The fraction of sp³-hybridized carbons (Fsp3) is 0.967. The summed E-state index contributed by atoms with van der Waals surface area (Å²) in [5.41, 5.74) is 0. The van der Waals surface area contributed by atoms with E-state index in [1.165, 1.54) is 135 Å². The third-order valence-corrected chi connectivity index (χ3v) is 7.39. The first-order valence-corrected chi connectivity index (χ1v) is 14.9. The van der Waals surface area contributed by atoms with E-state index < -0.39 is 5.97 Å². The standard InChI is InChI=1S/C30H60O2/c1-4-6-8-10-12-14-16-17-18-20-22-24-26-28(3)29(30(31)32)27-25-23-21-19-15-13-11-9-7-5-2/h28-29H,4-27H2,1-3H3,(H,31,32). The SMILES string of the molecule is CCCCCCCCCCCCCCC(C)C(CCCCCCCCCCCC)C(=O)O. The van der Waals surface area contributed by atoms with E-state index in [1.54, 1.807) is 0 Å². The summed E-state index contributed by atoms with van der Waals surface area (Å²) in [4.78, 5) is 11.8. The van der Waals surface area contributed by atoms with E-state index in [2.05, 4.69) is 20.8 Å². The third-order valence-electron chi connectivity index (χ3n) is 7.39. The van der Waals surface area contributed by atoms with Gasteiger partial charge in [0.1, 0.15) is 0 Å². The van der Waals surface area contributed by atoms with Crippen molar-refractivity contribution < 1.29 is 9.90 Å². The van der Waals surface area contributed by atoms with Gasteiger partial charge in [-0.05, 0) is 18.8 Å². The average molecular weight is 453 g/mol. The maximum absolute atomic E-state index is 11.8. The zero-order chi connectivity index (χ0) is 23.7. The summed E-state index contributed by atoms with van der Waals surface area (Å²) in [5, 5.41) is 9.68. The Morgan fingerprint density at radius 1 is 0.500 bits per heavy atom. The quantitative estimate of drug-likeness (QED) is 0.132. The highest BCUT2D eigenvalue weighted by atomic mass is 16.4. The summed E-state index contributed by atoms with van der Waals surface area (Å²) in [6.07, 6.45) is 31.5. The molecule has 0 bridgehead atoms. The Morgan fingerprint density at radius 3 is 1.09 bits per heavy atom. The van der Waals surface area contributed by atoms with Crippen molar-refractivity contribution in [3.05, 3.63) is 0 Å². The van der Waals surface area contributed by atoms with Crippen LogP contribution in [0.3, 0.4) is 0 Å². The highest BCUT2D eigenvalue weighted by molar-refractivity contribution is 5.70. The maximum atomic E-state index is 11.8. The Balaban J connectivity index is 3.60. The molecule has 32 heavy (non-hydrogen) atoms. The van der Waals surface area contributed by atoms with Crippen molar-refractivity contribution in [1.29, 1.82) is 0 Å². The van der Waals surface area contributed by atoms with E-state index >= 15 is 0 Å². The molecule has 0 heterocycles. The van der Waals surface area contributed by atoms with Gasteiger partial charge in [-0.15, -0.1) is 0 Å². The Morgan fingerprint density at radius 2 is 0.781 bits per heavy atom. The third kappa shape index (κ3) is 21.3. The molecule has 0 aromatic heterocycles. The Bertz CT molecular complexity index is 379. The first-order valence-electron chi connectivity index (χ1n) is 14.9. The van der Waals surface area contributed by atoms with E-state index in [9.17, 15) is 9.90 Å². The molecule has 0 rings (SSSR count). The molecule has 0 fully saturated rings. The molecule has 0 aromatic carbocycles. The number of carbonyl (C=O) groups is 1. The topological polar surface area (TPSA) is 37.3 Å². The van der Waals surface area contributed by atoms with Gasteiger partial charge < -0.3 is 5.11 Å². The lowest BCUT2D eigenvalue weighted by molar-refractivity contribution is -0.143. The van der Waals surface area contributed by atoms with E-state index in [0.717, 1.165) is 19.3 Å². The van der Waals surface area contributed by atoms with Crippen LogP contribution in [0.15, 0.2) is 0 Å². The summed E-state index contributed by atoms with van der Waals surface area (Å²) in [5.74, 6) is -0.363. The van der Waals surface area contributed by atoms with Crippen LogP contribution < -0.4 is 0 Å². The van der Waals surface area contributed by atoms with Gasteiger partial charge in [-0.2, -0.15) is 0 Å². The van der Waals surface area contributed by atoms with Crippen molar-refractivity contribution in [1.82, 2.24) is 0 Å². The molecule has 1 N–H and O–H groups in total. The number of aliphatic carboxylic acids is 1. The molecule has 2 nitrogen and oxygen atoms in total. The highest BCUT2D eigenvalue weighted by Crippen LogP contribution is 2.25. The van der Waals surface area contributed by atoms with Gasteiger partial charge in [0.05, 0.1) is 5.92 Å². The number of hydrogen-bond donors (Lipinski definition) is 1. The van der Waals surface area contributed by atoms with Crippen LogP contribution in [-0.4, -0.2) is 11.1 Å². The number of rotatable bonds is 26. The van der Waals surface area contributed by atoms with Gasteiger partial charge in [0.2, 0.25) is 0 Å². The molecule has 0 amide bonds. The van der Waals surface area contributed by atoms with E-state index in [0.29, 0.717) is 5.92 Å². The summed E-state index contributed by atoms with van der Waals surface area (Å²) in [6, 6.07) is 0. The maximum Gasteiger partial charge on any atom is 0.306 e. The lowest BCUT2D eigenvalue weighted by Gasteiger charge is -2.20. The first kappa shape index (κ1) is 31.5. The predicted octanol–water partition coefficient (Wildman–Crippen LogP) is 10.7. The van der Waals surface area contributed by atoms with Crippen molar-refractivity contribution in [2.45, 2.75) is 175 Å². The largest absolute Gasteiger partial charge is 0.481 e. The molecule has 0 radical (unpaired) electrons. The minimum atomic E-state index is -0.563. The molecule has 0 aromatic rings. The van der Waals surface area contributed by atoms with Gasteiger partial charge in [0.15, 0.2) is 0 Å². The highest BCUT2D eigenvalue weighted by Gasteiger charge is 2.23. The van der Waals surface area contributed by atoms with Gasteiger partial charge in [-0.3, -0.25) is 4.79 Å². The van der Waals surface area contributed by atoms with Crippen molar-refractivity contribution in [3.8, 4) is 0 Å². The van der Waals surface area contributed by atoms with Crippen LogP contribution in [0, 0.1) is 11.8 Å². The molecule has 192 valence electrons. The van der Waals surface area contributed by atoms with Crippen molar-refractivity contribution in [3.63, 3.8) is 0 Å². The Labute approximate surface area is 202 Å². The molecule has 0 aliphatic heterocycles. The average Bonchev–Trinajstić information content (AvgIpc) is 2.77. The van der Waals surface area contributed by atoms with E-state index in [1.807, 2.05) is 0 Å². The van der Waals surface area contributed by atoms with Crippen molar-refractivity contribution >= 4 is 5.97 Å². The van der Waals surface area contributed by atoms with Crippen molar-refractivity contribution in [2.24, 2.45) is 11.8 Å². The fourth-order valence-electron chi connectivity index (χ4n) is 5.01. The van der Waals surface area contributed by atoms with Gasteiger partial charge in [0.25, 0.3) is 0 Å². The second-order valence-corrected chi connectivity index (χ2v) is 10.6. The van der Waals surface area contributed by atoms with Gasteiger partial charge >= 0.3 is 5.97 Å². The van der Waals surface area contributed by atoms with Crippen LogP contribution in [-0.2, 0) is 4.79 Å². The smallest absolute Gasteiger partial charge is 0.306 e. The molecule has 0 aliphatic rings. The molecule has 2 heteroatoms. The van der Waals surface area contributed by atoms with Crippen LogP contribution in [0.1, 0.15) is 175 Å². The number of unbranched alkanes of at least 4 members (excludes halogenated alkanes) is 20. The Hall–Kier alpha value is -0.530. The minimum Gasteiger partial charge on any atom is -0.481 e.